The quantitative estimate of drug-likeness (QED) is 0.859. The fourth-order valence-corrected chi connectivity index (χ4v) is 3.16. The van der Waals surface area contributed by atoms with E-state index in [4.69, 9.17) is 4.52 Å². The summed E-state index contributed by atoms with van der Waals surface area (Å²) in [5, 5.41) is 3.87. The van der Waals surface area contributed by atoms with E-state index in [0.717, 1.165) is 25.1 Å². The number of nitrogens with zero attached hydrogens (tertiary/aromatic N) is 4. The Morgan fingerprint density at radius 2 is 2.04 bits per heavy atom. The molecule has 0 spiro atoms. The molecule has 24 heavy (non-hydrogen) atoms. The lowest BCUT2D eigenvalue weighted by atomic mass is 10.0. The Hall–Kier alpha value is -2.21. The molecule has 2 aromatic rings. The van der Waals surface area contributed by atoms with Gasteiger partial charge in [0.25, 0.3) is 0 Å². The molecule has 0 saturated carbocycles. The molecular formula is C18H24N4O2. The first-order valence-electron chi connectivity index (χ1n) is 8.43. The average Bonchev–Trinajstić information content (AvgIpc) is 3.02. The maximum absolute atomic E-state index is 12.8. The van der Waals surface area contributed by atoms with Crippen molar-refractivity contribution in [2.45, 2.75) is 32.7 Å². The van der Waals surface area contributed by atoms with Crippen molar-refractivity contribution >= 4 is 5.91 Å². The van der Waals surface area contributed by atoms with Crippen LogP contribution in [0.3, 0.4) is 0 Å². The summed E-state index contributed by atoms with van der Waals surface area (Å²) in [4.78, 5) is 21.2. The van der Waals surface area contributed by atoms with Crippen molar-refractivity contribution in [1.29, 1.82) is 0 Å². The number of carbonyl (C=O) groups is 1. The van der Waals surface area contributed by atoms with Crippen molar-refractivity contribution in [1.82, 2.24) is 19.9 Å². The molecule has 0 bridgehead atoms. The third-order valence-corrected chi connectivity index (χ3v) is 4.67. The monoisotopic (exact) mass is 328 g/mol. The summed E-state index contributed by atoms with van der Waals surface area (Å²) in [6.07, 6.45) is 1.39. The normalized spacial score (nSPS) is 18.8. The van der Waals surface area contributed by atoms with E-state index in [-0.39, 0.29) is 11.9 Å². The lowest BCUT2D eigenvalue weighted by molar-refractivity contribution is -0.133. The highest BCUT2D eigenvalue weighted by Gasteiger charge is 2.32. The fourth-order valence-electron chi connectivity index (χ4n) is 3.16. The van der Waals surface area contributed by atoms with Crippen LogP contribution in [0.1, 0.15) is 35.8 Å². The van der Waals surface area contributed by atoms with Crippen molar-refractivity contribution in [3.05, 3.63) is 47.1 Å². The second-order valence-electron chi connectivity index (χ2n) is 6.32. The molecule has 1 atom stereocenters. The zero-order valence-corrected chi connectivity index (χ0v) is 14.5. The van der Waals surface area contributed by atoms with Crippen molar-refractivity contribution < 1.29 is 9.32 Å². The standard InChI is InChI=1S/C18H24N4O2/c1-4-14-7-5-6-8-15(14)11-17(23)22-10-9-21(3)16(12-22)18-19-13(2)20-24-18/h5-8,16H,4,9-12H2,1-3H3. The van der Waals surface area contributed by atoms with E-state index < -0.39 is 0 Å². The number of carbonyl (C=O) groups excluding carboxylic acids is 1. The minimum atomic E-state index is -0.0367. The van der Waals surface area contributed by atoms with Gasteiger partial charge in [-0.15, -0.1) is 0 Å². The highest BCUT2D eigenvalue weighted by Crippen LogP contribution is 2.23. The van der Waals surface area contributed by atoms with Gasteiger partial charge in [0.05, 0.1) is 6.42 Å². The summed E-state index contributed by atoms with van der Waals surface area (Å²) in [5.74, 6) is 1.37. The van der Waals surface area contributed by atoms with Gasteiger partial charge in [-0.05, 0) is 31.5 Å². The maximum Gasteiger partial charge on any atom is 0.245 e. The molecule has 1 aromatic carbocycles. The molecule has 1 aliphatic heterocycles. The van der Waals surface area contributed by atoms with Crippen LogP contribution in [0.15, 0.2) is 28.8 Å². The van der Waals surface area contributed by atoms with Crippen LogP contribution < -0.4 is 0 Å². The van der Waals surface area contributed by atoms with Gasteiger partial charge in [0.15, 0.2) is 5.82 Å². The van der Waals surface area contributed by atoms with Crippen molar-refractivity contribution in [2.24, 2.45) is 0 Å². The number of aromatic nitrogens is 2. The van der Waals surface area contributed by atoms with Gasteiger partial charge >= 0.3 is 0 Å². The topological polar surface area (TPSA) is 62.5 Å². The zero-order chi connectivity index (χ0) is 17.1. The Labute approximate surface area is 142 Å². The van der Waals surface area contributed by atoms with Crippen LogP contribution in [-0.2, 0) is 17.6 Å². The number of aryl methyl sites for hydroxylation is 2. The van der Waals surface area contributed by atoms with Crippen LogP contribution in [0.2, 0.25) is 0 Å². The third-order valence-electron chi connectivity index (χ3n) is 4.67. The first-order chi connectivity index (χ1) is 11.6. The van der Waals surface area contributed by atoms with Crippen molar-refractivity contribution in [3.8, 4) is 0 Å². The van der Waals surface area contributed by atoms with Crippen LogP contribution in [-0.4, -0.2) is 52.5 Å². The fraction of sp³-hybridized carbons (Fsp3) is 0.500. The molecule has 6 heteroatoms. The van der Waals surface area contributed by atoms with Gasteiger partial charge in [-0.2, -0.15) is 4.98 Å². The molecule has 6 nitrogen and oxygen atoms in total. The van der Waals surface area contributed by atoms with Gasteiger partial charge in [-0.1, -0.05) is 36.3 Å². The summed E-state index contributed by atoms with van der Waals surface area (Å²) in [5.41, 5.74) is 2.36. The molecule has 1 amide bonds. The number of hydrogen-bond donors (Lipinski definition) is 0. The molecule has 128 valence electrons. The number of piperazine rings is 1. The Bertz CT molecular complexity index is 713. The van der Waals surface area contributed by atoms with E-state index >= 15 is 0 Å². The number of amides is 1. The van der Waals surface area contributed by atoms with Gasteiger partial charge in [0.2, 0.25) is 11.8 Å². The first kappa shape index (κ1) is 16.6. The predicted octanol–water partition coefficient (Wildman–Crippen LogP) is 2.00. The molecule has 1 aliphatic rings. The lowest BCUT2D eigenvalue weighted by Gasteiger charge is -2.37. The summed E-state index contributed by atoms with van der Waals surface area (Å²) < 4.78 is 5.32. The number of rotatable bonds is 4. The molecule has 0 N–H and O–H groups in total. The average molecular weight is 328 g/mol. The number of benzene rings is 1. The van der Waals surface area contributed by atoms with E-state index in [0.29, 0.717) is 24.7 Å². The minimum Gasteiger partial charge on any atom is -0.339 e. The van der Waals surface area contributed by atoms with Crippen LogP contribution >= 0.6 is 0 Å². The molecule has 1 fully saturated rings. The van der Waals surface area contributed by atoms with Gasteiger partial charge in [0.1, 0.15) is 6.04 Å². The maximum atomic E-state index is 12.8. The minimum absolute atomic E-state index is 0.0367. The van der Waals surface area contributed by atoms with E-state index in [2.05, 4.69) is 28.0 Å². The van der Waals surface area contributed by atoms with Crippen LogP contribution in [0, 0.1) is 6.92 Å². The third kappa shape index (κ3) is 3.48. The van der Waals surface area contributed by atoms with E-state index in [1.54, 1.807) is 6.92 Å². The van der Waals surface area contributed by atoms with Gasteiger partial charge in [-0.25, -0.2) is 0 Å². The number of hydrogen-bond acceptors (Lipinski definition) is 5. The highest BCUT2D eigenvalue weighted by atomic mass is 16.5. The first-order valence-corrected chi connectivity index (χ1v) is 8.43. The Balaban J connectivity index is 1.71. The summed E-state index contributed by atoms with van der Waals surface area (Å²) in [6, 6.07) is 8.12. The Morgan fingerprint density at radius 3 is 2.71 bits per heavy atom. The van der Waals surface area contributed by atoms with Crippen LogP contribution in [0.4, 0.5) is 0 Å². The van der Waals surface area contributed by atoms with E-state index in [1.807, 2.05) is 30.1 Å². The van der Waals surface area contributed by atoms with Gasteiger partial charge in [0, 0.05) is 19.6 Å². The van der Waals surface area contributed by atoms with Gasteiger partial charge < -0.3 is 9.42 Å². The molecular weight excluding hydrogens is 304 g/mol. The van der Waals surface area contributed by atoms with Gasteiger partial charge in [-0.3, -0.25) is 9.69 Å². The summed E-state index contributed by atoms with van der Waals surface area (Å²) in [7, 11) is 2.03. The lowest BCUT2D eigenvalue weighted by Crippen LogP contribution is -2.49. The second-order valence-corrected chi connectivity index (χ2v) is 6.32. The van der Waals surface area contributed by atoms with Crippen LogP contribution in [0.5, 0.6) is 0 Å². The van der Waals surface area contributed by atoms with Crippen molar-refractivity contribution in [3.63, 3.8) is 0 Å². The Kier molecular flexibility index (Phi) is 4.94. The smallest absolute Gasteiger partial charge is 0.245 e. The number of likely N-dealkylation sites (N-methyl/N-ethyl adjacent to an activating group) is 1. The molecule has 3 rings (SSSR count). The zero-order valence-electron chi connectivity index (χ0n) is 14.5. The molecule has 1 saturated heterocycles. The molecule has 2 heterocycles. The summed E-state index contributed by atoms with van der Waals surface area (Å²) in [6.45, 7) is 6.04. The Morgan fingerprint density at radius 1 is 1.29 bits per heavy atom. The highest BCUT2D eigenvalue weighted by molar-refractivity contribution is 5.79. The van der Waals surface area contributed by atoms with Crippen LogP contribution in [0.25, 0.3) is 0 Å². The molecule has 0 radical (unpaired) electrons. The van der Waals surface area contributed by atoms with E-state index in [1.165, 1.54) is 5.56 Å². The predicted molar refractivity (Wildman–Crippen MR) is 90.5 cm³/mol. The largest absolute Gasteiger partial charge is 0.339 e. The second kappa shape index (κ2) is 7.13. The molecule has 1 unspecified atom stereocenters. The summed E-state index contributed by atoms with van der Waals surface area (Å²) >= 11 is 0. The SMILES string of the molecule is CCc1ccccc1CC(=O)N1CCN(C)C(c2nc(C)no2)C1. The molecule has 1 aromatic heterocycles. The van der Waals surface area contributed by atoms with E-state index in [9.17, 15) is 4.79 Å². The van der Waals surface area contributed by atoms with Crippen molar-refractivity contribution in [2.75, 3.05) is 26.7 Å². The molecule has 0 aliphatic carbocycles.